The number of carbonyl (C=O) groups is 1. The molecule has 0 amide bonds. The maximum absolute atomic E-state index is 12.2. The van der Waals surface area contributed by atoms with Gasteiger partial charge in [0.15, 0.2) is 0 Å². The number of fused-ring (bicyclic) bond motifs is 1. The summed E-state index contributed by atoms with van der Waals surface area (Å²) in [5, 5.41) is 0.870. The van der Waals surface area contributed by atoms with Crippen LogP contribution in [0.25, 0.3) is 10.2 Å². The number of sulfonamides is 1. The molecule has 1 N–H and O–H groups in total. The van der Waals surface area contributed by atoms with E-state index in [1.165, 1.54) is 23.9 Å². The Kier molecular flexibility index (Phi) is 5.44. The van der Waals surface area contributed by atoms with Crippen molar-refractivity contribution in [1.82, 2.24) is 14.7 Å². The maximum atomic E-state index is 12.2. The summed E-state index contributed by atoms with van der Waals surface area (Å²) >= 11 is 1.31. The van der Waals surface area contributed by atoms with E-state index in [9.17, 15) is 13.2 Å². The number of nitrogens with zero attached hydrogens (tertiary/aromatic N) is 3. The van der Waals surface area contributed by atoms with Gasteiger partial charge in [-0.1, -0.05) is 0 Å². The van der Waals surface area contributed by atoms with Gasteiger partial charge in [-0.2, -0.15) is 0 Å². The lowest BCUT2D eigenvalue weighted by atomic mass is 10.1. The molecular weight excluding hydrogens is 376 g/mol. The van der Waals surface area contributed by atoms with Crippen molar-refractivity contribution in [2.45, 2.75) is 32.7 Å². The van der Waals surface area contributed by atoms with Crippen LogP contribution in [0.2, 0.25) is 0 Å². The minimum absolute atomic E-state index is 0.0581. The summed E-state index contributed by atoms with van der Waals surface area (Å²) in [6.45, 7) is 5.36. The fourth-order valence-electron chi connectivity index (χ4n) is 3.20. The van der Waals surface area contributed by atoms with Gasteiger partial charge in [-0.25, -0.2) is 27.9 Å². The highest BCUT2D eigenvalue weighted by Gasteiger charge is 2.26. The smallest absolute Gasteiger partial charge is 0.348 e. The van der Waals surface area contributed by atoms with E-state index in [4.69, 9.17) is 4.74 Å². The lowest BCUT2D eigenvalue weighted by molar-refractivity contribution is 0.0531. The minimum Gasteiger partial charge on any atom is -0.462 e. The molecule has 0 aliphatic carbocycles. The Morgan fingerprint density at radius 3 is 2.69 bits per heavy atom. The lowest BCUT2D eigenvalue weighted by Crippen LogP contribution is -2.44. The van der Waals surface area contributed by atoms with E-state index in [0.29, 0.717) is 37.4 Å². The maximum Gasteiger partial charge on any atom is 0.348 e. The summed E-state index contributed by atoms with van der Waals surface area (Å²) in [6.07, 6.45) is 4.08. The third kappa shape index (κ3) is 3.97. The van der Waals surface area contributed by atoms with Crippen LogP contribution in [0.1, 0.15) is 35.0 Å². The van der Waals surface area contributed by atoms with E-state index >= 15 is 0 Å². The number of thiophene rings is 1. The molecule has 1 aliphatic heterocycles. The first-order valence-corrected chi connectivity index (χ1v) is 11.1. The van der Waals surface area contributed by atoms with E-state index in [-0.39, 0.29) is 12.0 Å². The van der Waals surface area contributed by atoms with Gasteiger partial charge in [-0.3, -0.25) is 0 Å². The molecule has 2 aromatic rings. The third-order valence-corrected chi connectivity index (χ3v) is 6.28. The zero-order valence-corrected chi connectivity index (χ0v) is 16.6. The molecule has 0 spiro atoms. The van der Waals surface area contributed by atoms with Gasteiger partial charge in [0.1, 0.15) is 21.9 Å². The van der Waals surface area contributed by atoms with Crippen LogP contribution in [-0.2, 0) is 14.8 Å². The lowest BCUT2D eigenvalue weighted by Gasteiger charge is -2.33. The fraction of sp³-hybridized carbons (Fsp3) is 0.562. The predicted molar refractivity (Wildman–Crippen MR) is 101 cm³/mol. The van der Waals surface area contributed by atoms with Crippen LogP contribution in [0.3, 0.4) is 0 Å². The number of carbonyl (C=O) groups excluding carboxylic acids is 1. The quantitative estimate of drug-likeness (QED) is 0.765. The van der Waals surface area contributed by atoms with E-state index in [1.807, 2.05) is 6.92 Å². The first kappa shape index (κ1) is 19.0. The normalized spacial score (nSPS) is 16.2. The molecule has 3 heterocycles. The number of hydrogen-bond acceptors (Lipinski definition) is 8. The molecular formula is C16H22N4O4S2. The molecule has 26 heavy (non-hydrogen) atoms. The van der Waals surface area contributed by atoms with Gasteiger partial charge in [-0.15, -0.1) is 11.3 Å². The molecule has 8 nitrogen and oxygen atoms in total. The van der Waals surface area contributed by atoms with Crippen LogP contribution < -0.4 is 9.62 Å². The SMILES string of the molecule is CCOC(=O)c1sc2ncnc(N3CCC(NS(C)(=O)=O)CC3)c2c1C. The highest BCUT2D eigenvalue weighted by atomic mass is 32.2. The average molecular weight is 399 g/mol. The second-order valence-corrected chi connectivity index (χ2v) is 9.08. The molecule has 0 radical (unpaired) electrons. The number of anilines is 1. The van der Waals surface area contributed by atoms with Crippen molar-refractivity contribution in [1.29, 1.82) is 0 Å². The Morgan fingerprint density at radius 1 is 1.38 bits per heavy atom. The second-order valence-electron chi connectivity index (χ2n) is 6.31. The molecule has 0 atom stereocenters. The van der Waals surface area contributed by atoms with Crippen molar-refractivity contribution in [2.24, 2.45) is 0 Å². The van der Waals surface area contributed by atoms with Crippen molar-refractivity contribution in [3.8, 4) is 0 Å². The van der Waals surface area contributed by atoms with Crippen molar-refractivity contribution in [2.75, 3.05) is 30.9 Å². The predicted octanol–water partition coefficient (Wildman–Crippen LogP) is 1.69. The molecule has 1 fully saturated rings. The number of rotatable bonds is 5. The van der Waals surface area contributed by atoms with E-state index < -0.39 is 10.0 Å². The highest BCUT2D eigenvalue weighted by Crippen LogP contribution is 2.36. The number of aryl methyl sites for hydroxylation is 1. The monoisotopic (exact) mass is 398 g/mol. The van der Waals surface area contributed by atoms with Crippen LogP contribution in [-0.4, -0.2) is 56.3 Å². The Labute approximate surface area is 156 Å². The van der Waals surface area contributed by atoms with Crippen molar-refractivity contribution < 1.29 is 17.9 Å². The van der Waals surface area contributed by atoms with Crippen molar-refractivity contribution in [3.63, 3.8) is 0 Å². The molecule has 0 bridgehead atoms. The van der Waals surface area contributed by atoms with E-state index in [0.717, 1.165) is 21.6 Å². The second kappa shape index (κ2) is 7.45. The molecule has 0 saturated carbocycles. The van der Waals surface area contributed by atoms with E-state index in [1.54, 1.807) is 6.92 Å². The summed E-state index contributed by atoms with van der Waals surface area (Å²) in [5.74, 6) is 0.451. The third-order valence-electron chi connectivity index (χ3n) is 4.34. The summed E-state index contributed by atoms with van der Waals surface area (Å²) in [6, 6.07) is -0.0581. The average Bonchev–Trinajstić information content (AvgIpc) is 2.92. The van der Waals surface area contributed by atoms with E-state index in [2.05, 4.69) is 19.6 Å². The largest absolute Gasteiger partial charge is 0.462 e. The Morgan fingerprint density at radius 2 is 2.08 bits per heavy atom. The molecule has 0 unspecified atom stereocenters. The van der Waals surface area contributed by atoms with Gasteiger partial charge in [0.05, 0.1) is 18.2 Å². The highest BCUT2D eigenvalue weighted by molar-refractivity contribution is 7.88. The van der Waals surface area contributed by atoms with Crippen LogP contribution >= 0.6 is 11.3 Å². The van der Waals surface area contributed by atoms with Gasteiger partial charge >= 0.3 is 5.97 Å². The number of ether oxygens (including phenoxy) is 1. The Balaban J connectivity index is 1.86. The van der Waals surface area contributed by atoms with Crippen LogP contribution in [0.5, 0.6) is 0 Å². The van der Waals surface area contributed by atoms with Gasteiger partial charge < -0.3 is 9.64 Å². The fourth-order valence-corrected chi connectivity index (χ4v) is 5.07. The number of aromatic nitrogens is 2. The molecule has 10 heteroatoms. The zero-order valence-electron chi connectivity index (χ0n) is 15.0. The summed E-state index contributed by atoms with van der Waals surface area (Å²) < 4.78 is 30.6. The number of nitrogens with one attached hydrogen (secondary N) is 1. The van der Waals surface area contributed by atoms with Crippen molar-refractivity contribution >= 4 is 43.4 Å². The molecule has 142 valence electrons. The summed E-state index contributed by atoms with van der Waals surface area (Å²) in [5.41, 5.74) is 0.829. The number of esters is 1. The standard InChI is InChI=1S/C16H22N4O4S2/c1-4-24-16(21)13-10(2)12-14(17-9-18-15(12)25-13)20-7-5-11(6-8-20)19-26(3,22)23/h9,11,19H,4-8H2,1-3H3. The molecule has 2 aromatic heterocycles. The molecule has 3 rings (SSSR count). The van der Waals surface area contributed by atoms with Crippen molar-refractivity contribution in [3.05, 3.63) is 16.8 Å². The van der Waals surface area contributed by atoms with Gasteiger partial charge in [0.25, 0.3) is 0 Å². The van der Waals surface area contributed by atoms with Gasteiger partial charge in [0.2, 0.25) is 10.0 Å². The van der Waals surface area contributed by atoms with Crippen LogP contribution in [0.15, 0.2) is 6.33 Å². The molecule has 1 saturated heterocycles. The number of hydrogen-bond donors (Lipinski definition) is 1. The Bertz CT molecular complexity index is 918. The topological polar surface area (TPSA) is 101 Å². The Hall–Kier alpha value is -1.78. The first-order chi connectivity index (χ1) is 12.3. The molecule has 0 aromatic carbocycles. The van der Waals surface area contributed by atoms with Crippen LogP contribution in [0, 0.1) is 6.92 Å². The zero-order chi connectivity index (χ0) is 18.9. The first-order valence-electron chi connectivity index (χ1n) is 8.43. The number of piperidine rings is 1. The van der Waals surface area contributed by atoms with Gasteiger partial charge in [0, 0.05) is 19.1 Å². The molecule has 1 aliphatic rings. The summed E-state index contributed by atoms with van der Waals surface area (Å²) in [4.78, 5) is 24.3. The minimum atomic E-state index is -3.20. The van der Waals surface area contributed by atoms with Crippen LogP contribution in [0.4, 0.5) is 5.82 Å². The summed E-state index contributed by atoms with van der Waals surface area (Å²) in [7, 11) is -3.20. The van der Waals surface area contributed by atoms with Gasteiger partial charge in [-0.05, 0) is 32.3 Å².